The van der Waals surface area contributed by atoms with Crippen molar-refractivity contribution in [1.29, 1.82) is 0 Å². The number of hydrogen-bond acceptors (Lipinski definition) is 4. The number of alkyl halides is 3. The van der Waals surface area contributed by atoms with E-state index in [2.05, 4.69) is 15.4 Å². The van der Waals surface area contributed by atoms with Crippen LogP contribution in [0.4, 0.5) is 17.6 Å². The van der Waals surface area contributed by atoms with Crippen LogP contribution in [0.1, 0.15) is 17.0 Å². The van der Waals surface area contributed by atoms with Crippen LogP contribution in [0.25, 0.3) is 5.82 Å². The molecule has 7 nitrogen and oxygen atoms in total. The van der Waals surface area contributed by atoms with Crippen molar-refractivity contribution in [3.63, 3.8) is 0 Å². The number of carbonyl (C=O) groups excluding carboxylic acids is 1. The van der Waals surface area contributed by atoms with E-state index in [9.17, 15) is 27.2 Å². The minimum atomic E-state index is -4.97. The number of aryl methyl sites for hydroxylation is 1. The zero-order valence-electron chi connectivity index (χ0n) is 15.4. The van der Waals surface area contributed by atoms with Crippen LogP contribution in [0.15, 0.2) is 41.3 Å². The monoisotopic (exact) mass is 443 g/mol. The first-order chi connectivity index (χ1) is 14.1. The van der Waals surface area contributed by atoms with Crippen molar-refractivity contribution >= 4 is 17.5 Å². The Labute approximate surface area is 171 Å². The van der Waals surface area contributed by atoms with Gasteiger partial charge in [-0.25, -0.2) is 23.4 Å². The molecule has 0 fully saturated rings. The van der Waals surface area contributed by atoms with Gasteiger partial charge in [-0.05, 0) is 36.2 Å². The normalized spacial score (nSPS) is 11.5. The smallest absolute Gasteiger partial charge is 0.350 e. The lowest BCUT2D eigenvalue weighted by Gasteiger charge is -2.07. The summed E-state index contributed by atoms with van der Waals surface area (Å²) in [6.45, 7) is 0.738. The van der Waals surface area contributed by atoms with E-state index in [4.69, 9.17) is 11.6 Å². The minimum Gasteiger partial charge on any atom is -0.350 e. The third-order valence-corrected chi connectivity index (χ3v) is 4.28. The molecular weight excluding hydrogens is 430 g/mol. The molecule has 30 heavy (non-hydrogen) atoms. The molecule has 3 aromatic rings. The maximum atomic E-state index is 13.6. The number of aromatic nitrogens is 4. The second kappa shape index (κ2) is 8.27. The average Bonchev–Trinajstić information content (AvgIpc) is 3.00. The van der Waals surface area contributed by atoms with Crippen molar-refractivity contribution in [3.05, 3.63) is 74.8 Å². The van der Waals surface area contributed by atoms with Crippen molar-refractivity contribution < 1.29 is 22.4 Å². The van der Waals surface area contributed by atoms with Gasteiger partial charge in [0.2, 0.25) is 11.7 Å². The van der Waals surface area contributed by atoms with Crippen LogP contribution in [0.3, 0.4) is 0 Å². The Kier molecular flexibility index (Phi) is 5.92. The van der Waals surface area contributed by atoms with Crippen LogP contribution in [0, 0.1) is 12.7 Å². The van der Waals surface area contributed by atoms with Crippen LogP contribution in [0.2, 0.25) is 5.02 Å². The SMILES string of the molecule is Cc1ccc(CNC(=O)Cn2nc(C(F)(F)F)n(-c3ccc(Cl)cn3)c2=O)cc1F. The molecule has 12 heteroatoms. The lowest BCUT2D eigenvalue weighted by Crippen LogP contribution is -2.33. The van der Waals surface area contributed by atoms with Gasteiger partial charge in [0.15, 0.2) is 0 Å². The molecule has 2 aromatic heterocycles. The summed E-state index contributed by atoms with van der Waals surface area (Å²) < 4.78 is 54.3. The highest BCUT2D eigenvalue weighted by Gasteiger charge is 2.40. The molecule has 3 rings (SSSR count). The Morgan fingerprint density at radius 1 is 1.23 bits per heavy atom. The molecule has 1 N–H and O–H groups in total. The Morgan fingerprint density at radius 3 is 2.57 bits per heavy atom. The van der Waals surface area contributed by atoms with Crippen LogP contribution in [-0.4, -0.2) is 25.2 Å². The molecule has 0 bridgehead atoms. The van der Waals surface area contributed by atoms with E-state index >= 15 is 0 Å². The van der Waals surface area contributed by atoms with E-state index in [-0.39, 0.29) is 22.0 Å². The van der Waals surface area contributed by atoms with Crippen molar-refractivity contribution in [2.75, 3.05) is 0 Å². The number of halogens is 5. The van der Waals surface area contributed by atoms with Gasteiger partial charge in [-0.15, -0.1) is 5.10 Å². The summed E-state index contributed by atoms with van der Waals surface area (Å²) in [5, 5.41) is 5.82. The molecule has 1 aromatic carbocycles. The number of benzene rings is 1. The van der Waals surface area contributed by atoms with E-state index in [1.807, 2.05) is 0 Å². The van der Waals surface area contributed by atoms with Gasteiger partial charge in [0.1, 0.15) is 18.2 Å². The summed E-state index contributed by atoms with van der Waals surface area (Å²) in [7, 11) is 0. The lowest BCUT2D eigenvalue weighted by atomic mass is 10.1. The maximum Gasteiger partial charge on any atom is 0.452 e. The number of amides is 1. The molecule has 0 spiro atoms. The van der Waals surface area contributed by atoms with E-state index in [1.54, 1.807) is 13.0 Å². The van der Waals surface area contributed by atoms with E-state index < -0.39 is 36.0 Å². The fourth-order valence-corrected chi connectivity index (χ4v) is 2.65. The molecule has 0 saturated heterocycles. The van der Waals surface area contributed by atoms with Gasteiger partial charge in [-0.2, -0.15) is 13.2 Å². The van der Waals surface area contributed by atoms with Gasteiger partial charge in [-0.1, -0.05) is 23.7 Å². The molecule has 0 aliphatic rings. The first-order valence-corrected chi connectivity index (χ1v) is 8.85. The molecule has 0 aliphatic heterocycles. The zero-order valence-corrected chi connectivity index (χ0v) is 16.1. The third kappa shape index (κ3) is 4.67. The average molecular weight is 444 g/mol. The first kappa shape index (κ1) is 21.5. The second-order valence-electron chi connectivity index (χ2n) is 6.29. The van der Waals surface area contributed by atoms with Crippen molar-refractivity contribution in [1.82, 2.24) is 24.6 Å². The summed E-state index contributed by atoms with van der Waals surface area (Å²) in [5.41, 5.74) is -0.322. The summed E-state index contributed by atoms with van der Waals surface area (Å²) in [5.74, 6) is -3.11. The molecule has 0 atom stereocenters. The van der Waals surface area contributed by atoms with Crippen molar-refractivity contribution in [3.8, 4) is 5.82 Å². The molecule has 2 heterocycles. The predicted molar refractivity (Wildman–Crippen MR) is 98.6 cm³/mol. The second-order valence-corrected chi connectivity index (χ2v) is 6.73. The van der Waals surface area contributed by atoms with Crippen LogP contribution in [0.5, 0.6) is 0 Å². The standard InChI is InChI=1S/C18H14ClF4N5O2/c1-10-2-3-11(6-13(10)20)7-25-15(29)9-27-17(30)28(16(26-27)18(21,22)23)14-5-4-12(19)8-24-14/h2-6,8H,7,9H2,1H3,(H,25,29). The molecule has 158 valence electrons. The lowest BCUT2D eigenvalue weighted by molar-refractivity contribution is -0.146. The van der Waals surface area contributed by atoms with E-state index in [1.165, 1.54) is 18.2 Å². The summed E-state index contributed by atoms with van der Waals surface area (Å²) in [4.78, 5) is 28.3. The number of rotatable bonds is 5. The topological polar surface area (TPSA) is 81.8 Å². The highest BCUT2D eigenvalue weighted by molar-refractivity contribution is 6.30. The molecule has 0 aliphatic carbocycles. The Morgan fingerprint density at radius 2 is 1.97 bits per heavy atom. The highest BCUT2D eigenvalue weighted by Crippen LogP contribution is 2.28. The fourth-order valence-electron chi connectivity index (χ4n) is 2.54. The number of nitrogens with zero attached hydrogens (tertiary/aromatic N) is 4. The minimum absolute atomic E-state index is 0.0731. The van der Waals surface area contributed by atoms with E-state index in [0.29, 0.717) is 15.8 Å². The molecular formula is C18H14ClF4N5O2. The van der Waals surface area contributed by atoms with Crippen molar-refractivity contribution in [2.45, 2.75) is 26.2 Å². The third-order valence-electron chi connectivity index (χ3n) is 4.05. The zero-order chi connectivity index (χ0) is 22.1. The quantitative estimate of drug-likeness (QED) is 0.615. The van der Waals surface area contributed by atoms with Gasteiger partial charge < -0.3 is 5.32 Å². The number of pyridine rings is 1. The molecule has 0 unspecified atom stereocenters. The Balaban J connectivity index is 1.83. The predicted octanol–water partition coefficient (Wildman–Crippen LogP) is 2.87. The number of hydrogen-bond donors (Lipinski definition) is 1. The summed E-state index contributed by atoms with van der Waals surface area (Å²) in [6, 6.07) is 6.73. The number of carbonyl (C=O) groups is 1. The van der Waals surface area contributed by atoms with Crippen LogP contribution < -0.4 is 11.0 Å². The van der Waals surface area contributed by atoms with E-state index in [0.717, 1.165) is 12.3 Å². The molecule has 1 amide bonds. The van der Waals surface area contributed by atoms with Crippen LogP contribution >= 0.6 is 11.6 Å². The molecule has 0 saturated carbocycles. The Bertz CT molecular complexity index is 1140. The Hall–Kier alpha value is -3.21. The highest BCUT2D eigenvalue weighted by atomic mass is 35.5. The van der Waals surface area contributed by atoms with Crippen LogP contribution in [-0.2, 0) is 24.1 Å². The van der Waals surface area contributed by atoms with Gasteiger partial charge in [-0.3, -0.25) is 4.79 Å². The number of nitrogens with one attached hydrogen (secondary N) is 1. The first-order valence-electron chi connectivity index (χ1n) is 8.47. The maximum absolute atomic E-state index is 13.6. The van der Waals surface area contributed by atoms with Gasteiger partial charge in [0, 0.05) is 12.7 Å². The van der Waals surface area contributed by atoms with Gasteiger partial charge >= 0.3 is 11.9 Å². The van der Waals surface area contributed by atoms with Gasteiger partial charge in [0.05, 0.1) is 5.02 Å². The summed E-state index contributed by atoms with van der Waals surface area (Å²) >= 11 is 5.68. The fraction of sp³-hybridized carbons (Fsp3) is 0.222. The van der Waals surface area contributed by atoms with Gasteiger partial charge in [0.25, 0.3) is 0 Å². The largest absolute Gasteiger partial charge is 0.452 e. The summed E-state index contributed by atoms with van der Waals surface area (Å²) in [6.07, 6.45) is -3.89. The van der Waals surface area contributed by atoms with Crippen molar-refractivity contribution in [2.24, 2.45) is 0 Å². The molecule has 0 radical (unpaired) electrons.